The van der Waals surface area contributed by atoms with E-state index in [9.17, 15) is 9.18 Å². The van der Waals surface area contributed by atoms with Crippen LogP contribution in [0.25, 0.3) is 16.9 Å². The van der Waals surface area contributed by atoms with E-state index in [-0.39, 0.29) is 11.7 Å². The van der Waals surface area contributed by atoms with E-state index in [0.717, 1.165) is 55.4 Å². The molecule has 0 bridgehead atoms. The third-order valence-electron chi connectivity index (χ3n) is 6.83. The molecule has 3 aliphatic heterocycles. The Morgan fingerprint density at radius 3 is 2.46 bits per heavy atom. The number of aromatic amines is 1. The minimum absolute atomic E-state index is 0.0345. The lowest BCUT2D eigenvalue weighted by molar-refractivity contribution is -0.644. The minimum Gasteiger partial charge on any atom is -0.379 e. The summed E-state index contributed by atoms with van der Waals surface area (Å²) in [6, 6.07) is 13.5. The number of carbonyl (C=O) groups excluding carboxylic acids is 1. The summed E-state index contributed by atoms with van der Waals surface area (Å²) >= 11 is 1.45. The lowest BCUT2D eigenvalue weighted by Crippen LogP contribution is -2.42. The van der Waals surface area contributed by atoms with Crippen molar-refractivity contribution < 1.29 is 23.3 Å². The fourth-order valence-electron chi connectivity index (χ4n) is 4.96. The molecule has 1 N–H and O–H groups in total. The second-order valence-electron chi connectivity index (χ2n) is 9.01. The number of benzene rings is 2. The summed E-state index contributed by atoms with van der Waals surface area (Å²) in [6.45, 7) is 6.53. The number of ether oxygens (including phenoxy) is 2. The Morgan fingerprint density at radius 2 is 1.71 bits per heavy atom. The molecule has 1 amide bonds. The number of fused-ring (bicyclic) bond motifs is 3. The average molecular weight is 496 g/mol. The zero-order valence-electron chi connectivity index (χ0n) is 19.5. The van der Waals surface area contributed by atoms with Gasteiger partial charge in [-0.15, -0.1) is 11.8 Å². The van der Waals surface area contributed by atoms with Crippen molar-refractivity contribution in [2.75, 3.05) is 52.6 Å². The summed E-state index contributed by atoms with van der Waals surface area (Å²) < 4.78 is 27.5. The van der Waals surface area contributed by atoms with E-state index < -0.39 is 0 Å². The fraction of sp³-hybridized carbons (Fsp3) is 0.385. The summed E-state index contributed by atoms with van der Waals surface area (Å²) in [7, 11) is 0. The van der Waals surface area contributed by atoms with Crippen LogP contribution in [-0.4, -0.2) is 73.4 Å². The molecule has 4 heterocycles. The number of carbonyl (C=O) groups is 1. The van der Waals surface area contributed by atoms with Gasteiger partial charge in [-0.1, -0.05) is 22.9 Å². The number of hydrogen-bond donors (Lipinski definition) is 1. The fourth-order valence-corrected chi connectivity index (χ4v) is 6.06. The number of halogens is 1. The third-order valence-corrected chi connectivity index (χ3v) is 7.97. The molecule has 0 aliphatic carbocycles. The van der Waals surface area contributed by atoms with Crippen LogP contribution < -0.4 is 4.68 Å². The van der Waals surface area contributed by atoms with Crippen LogP contribution in [0.5, 0.6) is 0 Å². The molecule has 7 nitrogen and oxygen atoms in total. The summed E-state index contributed by atoms with van der Waals surface area (Å²) in [5.41, 5.74) is 5.30. The number of hydrogen-bond acceptors (Lipinski definition) is 5. The molecule has 3 aliphatic rings. The molecule has 1 aromatic heterocycles. The molecule has 9 heteroatoms. The van der Waals surface area contributed by atoms with Gasteiger partial charge in [0, 0.05) is 50.6 Å². The first-order valence-electron chi connectivity index (χ1n) is 12.0. The quantitative estimate of drug-likeness (QED) is 0.564. The molecular formula is C26H28FN4O3S+. The summed E-state index contributed by atoms with van der Waals surface area (Å²) in [5, 5.41) is 3.39. The number of nitrogens with one attached hydrogen (secondary N) is 1. The van der Waals surface area contributed by atoms with E-state index in [1.165, 1.54) is 23.4 Å². The second-order valence-corrected chi connectivity index (χ2v) is 10.00. The second kappa shape index (κ2) is 9.73. The highest BCUT2D eigenvalue weighted by molar-refractivity contribution is 7.98. The van der Waals surface area contributed by atoms with Crippen molar-refractivity contribution in [2.24, 2.45) is 0 Å². The van der Waals surface area contributed by atoms with E-state index in [0.29, 0.717) is 42.6 Å². The molecule has 0 unspecified atom stereocenters. The van der Waals surface area contributed by atoms with Crippen LogP contribution in [0.1, 0.15) is 21.6 Å². The van der Waals surface area contributed by atoms with Crippen LogP contribution in [-0.2, 0) is 21.8 Å². The van der Waals surface area contributed by atoms with E-state index in [2.05, 4.69) is 34.3 Å². The van der Waals surface area contributed by atoms with Gasteiger partial charge in [0.05, 0.1) is 42.4 Å². The van der Waals surface area contributed by atoms with E-state index >= 15 is 0 Å². The molecule has 0 radical (unpaired) electrons. The first-order chi connectivity index (χ1) is 17.2. The lowest BCUT2D eigenvalue weighted by Gasteiger charge is -2.26. The van der Waals surface area contributed by atoms with Crippen molar-refractivity contribution in [1.82, 2.24) is 14.9 Å². The Labute approximate surface area is 207 Å². The Hall–Kier alpha value is -2.72. The molecule has 0 spiro atoms. The lowest BCUT2D eigenvalue weighted by atomic mass is 10.0. The SMILES string of the molecule is O=C(c1[nH][n+](-c2ccc(CN3CCOCC3)cc2)c2c1CSc1c(F)cccc1-2)N1CCOCC1. The van der Waals surface area contributed by atoms with Crippen molar-refractivity contribution in [3.63, 3.8) is 0 Å². The molecule has 2 aromatic carbocycles. The first-order valence-corrected chi connectivity index (χ1v) is 13.0. The molecular weight excluding hydrogens is 467 g/mol. The maximum absolute atomic E-state index is 14.7. The van der Waals surface area contributed by atoms with Crippen molar-refractivity contribution >= 4 is 17.7 Å². The van der Waals surface area contributed by atoms with Crippen LogP contribution in [0.2, 0.25) is 0 Å². The number of thioether (sulfide) groups is 1. The van der Waals surface area contributed by atoms with Crippen molar-refractivity contribution in [3.05, 3.63) is 65.1 Å². The average Bonchev–Trinajstić information content (AvgIpc) is 3.30. The Balaban J connectivity index is 1.39. The first kappa shape index (κ1) is 22.7. The Kier molecular flexibility index (Phi) is 6.32. The molecule has 182 valence electrons. The van der Waals surface area contributed by atoms with Crippen molar-refractivity contribution in [1.29, 1.82) is 0 Å². The Bertz CT molecular complexity index is 1230. The van der Waals surface area contributed by atoms with Gasteiger partial charge in [-0.2, -0.15) is 5.10 Å². The van der Waals surface area contributed by atoms with Crippen LogP contribution in [0.3, 0.4) is 0 Å². The van der Waals surface area contributed by atoms with Crippen molar-refractivity contribution in [2.45, 2.75) is 17.2 Å². The number of aromatic nitrogens is 2. The number of nitrogens with zero attached hydrogens (tertiary/aromatic N) is 3. The zero-order chi connectivity index (χ0) is 23.8. The maximum Gasteiger partial charge on any atom is 0.276 e. The van der Waals surface area contributed by atoms with E-state index in [1.54, 1.807) is 6.07 Å². The summed E-state index contributed by atoms with van der Waals surface area (Å²) in [6.07, 6.45) is 0. The highest BCUT2D eigenvalue weighted by Gasteiger charge is 2.38. The minimum atomic E-state index is -0.229. The predicted octanol–water partition coefficient (Wildman–Crippen LogP) is 3.01. The molecule has 35 heavy (non-hydrogen) atoms. The predicted molar refractivity (Wildman–Crippen MR) is 130 cm³/mol. The smallest absolute Gasteiger partial charge is 0.276 e. The van der Waals surface area contributed by atoms with Gasteiger partial charge in [-0.25, -0.2) is 4.39 Å². The van der Waals surface area contributed by atoms with Crippen LogP contribution in [0.15, 0.2) is 47.4 Å². The maximum atomic E-state index is 14.7. The van der Waals surface area contributed by atoms with Crippen LogP contribution in [0.4, 0.5) is 4.39 Å². The monoisotopic (exact) mass is 495 g/mol. The number of H-pyrrole nitrogens is 1. The van der Waals surface area contributed by atoms with Crippen LogP contribution >= 0.6 is 11.8 Å². The Morgan fingerprint density at radius 1 is 1.00 bits per heavy atom. The number of morpholine rings is 2. The van der Waals surface area contributed by atoms with Crippen molar-refractivity contribution in [3.8, 4) is 16.9 Å². The number of rotatable bonds is 4. The highest BCUT2D eigenvalue weighted by Crippen LogP contribution is 2.42. The number of amides is 1. The van der Waals surface area contributed by atoms with Gasteiger partial charge >= 0.3 is 0 Å². The molecule has 3 aromatic rings. The largest absolute Gasteiger partial charge is 0.379 e. The normalized spacial score (nSPS) is 18.3. The molecule has 2 fully saturated rings. The topological polar surface area (TPSA) is 61.7 Å². The van der Waals surface area contributed by atoms with Gasteiger partial charge in [0.2, 0.25) is 5.69 Å². The molecule has 2 saturated heterocycles. The summed E-state index contributed by atoms with van der Waals surface area (Å²) in [4.78, 5) is 18.3. The third kappa shape index (κ3) is 4.38. The van der Waals surface area contributed by atoms with Gasteiger partial charge in [0.25, 0.3) is 11.6 Å². The van der Waals surface area contributed by atoms with Gasteiger partial charge < -0.3 is 14.4 Å². The highest BCUT2D eigenvalue weighted by atomic mass is 32.2. The molecule has 0 saturated carbocycles. The van der Waals surface area contributed by atoms with E-state index in [1.807, 2.05) is 15.6 Å². The standard InChI is InChI=1S/C26H27FN4O3S/c27-22-3-1-2-20-24-21(17-35-25(20)22)23(26(32)30-10-14-34-15-11-30)28-31(24)19-6-4-18(5-7-19)16-29-8-12-33-13-9-29/h1-7H,8-17H2/p+1. The van der Waals surface area contributed by atoms with Gasteiger partial charge in [-0.05, 0) is 17.7 Å². The summed E-state index contributed by atoms with van der Waals surface area (Å²) in [5.74, 6) is 0.272. The van der Waals surface area contributed by atoms with E-state index in [4.69, 9.17) is 9.47 Å². The molecule has 0 atom stereocenters. The van der Waals surface area contributed by atoms with Gasteiger partial charge in [0.1, 0.15) is 5.82 Å². The van der Waals surface area contributed by atoms with Gasteiger partial charge in [0.15, 0.2) is 5.69 Å². The van der Waals surface area contributed by atoms with Gasteiger partial charge in [-0.3, -0.25) is 9.69 Å². The van der Waals surface area contributed by atoms with Crippen LogP contribution in [0, 0.1) is 5.82 Å². The zero-order valence-corrected chi connectivity index (χ0v) is 20.3. The molecule has 6 rings (SSSR count).